The Labute approximate surface area is 142 Å². The summed E-state index contributed by atoms with van der Waals surface area (Å²) in [6.07, 6.45) is 5.78. The van der Waals surface area contributed by atoms with Crippen molar-refractivity contribution < 1.29 is 10.2 Å². The molecule has 0 aliphatic carbocycles. The first kappa shape index (κ1) is 18.7. The molecule has 0 saturated carbocycles. The van der Waals surface area contributed by atoms with Crippen molar-refractivity contribution in [2.24, 2.45) is 0 Å². The number of phenols is 2. The summed E-state index contributed by atoms with van der Waals surface area (Å²) in [7, 11) is 0. The third-order valence-corrected chi connectivity index (χ3v) is 3.65. The van der Waals surface area contributed by atoms with Gasteiger partial charge in [-0.15, -0.1) is 0 Å². The first-order valence-corrected chi connectivity index (χ1v) is 8.20. The molecule has 0 amide bonds. The summed E-state index contributed by atoms with van der Waals surface area (Å²) >= 11 is 11.3. The van der Waals surface area contributed by atoms with E-state index in [4.69, 9.17) is 28.3 Å². The Bertz CT molecular complexity index is 533. The molecule has 0 aromatic heterocycles. The van der Waals surface area contributed by atoms with Crippen LogP contribution in [-0.4, -0.2) is 10.2 Å². The molecular weight excluding hydrogens is 319 g/mol. The Balaban J connectivity index is 0.000000255. The second-order valence-corrected chi connectivity index (χ2v) is 5.93. The zero-order valence-corrected chi connectivity index (χ0v) is 14.2. The zero-order valence-electron chi connectivity index (χ0n) is 12.7. The maximum Gasteiger partial charge on any atom is 0.118 e. The maximum atomic E-state index is 9.53. The van der Waals surface area contributed by atoms with Crippen molar-refractivity contribution >= 4 is 23.2 Å². The van der Waals surface area contributed by atoms with Crippen LogP contribution in [0.25, 0.3) is 0 Å². The molecule has 0 saturated heterocycles. The van der Waals surface area contributed by atoms with Crippen LogP contribution >= 0.6 is 23.2 Å². The molecule has 0 heterocycles. The van der Waals surface area contributed by atoms with Gasteiger partial charge in [0.2, 0.25) is 0 Å². The van der Waals surface area contributed by atoms with Crippen LogP contribution in [0.2, 0.25) is 10.0 Å². The average Bonchev–Trinajstić information content (AvgIpc) is 2.51. The molecule has 0 fully saturated rings. The van der Waals surface area contributed by atoms with E-state index in [0.717, 1.165) is 18.4 Å². The summed E-state index contributed by atoms with van der Waals surface area (Å²) in [4.78, 5) is 0. The Hall–Kier alpha value is -1.38. The third-order valence-electron chi connectivity index (χ3n) is 3.17. The quantitative estimate of drug-likeness (QED) is 0.634. The minimum Gasteiger partial charge on any atom is -0.508 e. The molecule has 0 radical (unpaired) electrons. The van der Waals surface area contributed by atoms with Crippen molar-refractivity contribution in [2.75, 3.05) is 0 Å². The van der Waals surface area contributed by atoms with Crippen LogP contribution in [0.4, 0.5) is 0 Å². The van der Waals surface area contributed by atoms with Crippen molar-refractivity contribution in [3.05, 3.63) is 58.1 Å². The number of halogens is 2. The van der Waals surface area contributed by atoms with Crippen molar-refractivity contribution in [1.82, 2.24) is 0 Å². The molecule has 0 bridgehead atoms. The molecule has 0 spiro atoms. The fourth-order valence-electron chi connectivity index (χ4n) is 1.94. The summed E-state index contributed by atoms with van der Waals surface area (Å²) in [6.45, 7) is 2.19. The van der Waals surface area contributed by atoms with Gasteiger partial charge in [0.05, 0.1) is 0 Å². The van der Waals surface area contributed by atoms with Crippen LogP contribution in [-0.2, 0) is 6.42 Å². The summed E-state index contributed by atoms with van der Waals surface area (Å²) in [5.74, 6) is 0.611. The van der Waals surface area contributed by atoms with Crippen LogP contribution in [0.1, 0.15) is 38.2 Å². The zero-order chi connectivity index (χ0) is 16.4. The number of benzene rings is 2. The van der Waals surface area contributed by atoms with Gasteiger partial charge in [-0.25, -0.2) is 0 Å². The number of hydrogen-bond donors (Lipinski definition) is 2. The molecule has 0 unspecified atom stereocenters. The largest absolute Gasteiger partial charge is 0.508 e. The smallest absolute Gasteiger partial charge is 0.118 e. The SMILES string of the molecule is CCCCCCc1cc(Cl)ccc1O.Oc1ccc(Cl)cc1. The maximum absolute atomic E-state index is 9.53. The van der Waals surface area contributed by atoms with Gasteiger partial charge in [-0.05, 0) is 60.9 Å². The molecule has 2 nitrogen and oxygen atoms in total. The second-order valence-electron chi connectivity index (χ2n) is 5.06. The Morgan fingerprint density at radius 1 is 0.818 bits per heavy atom. The van der Waals surface area contributed by atoms with Gasteiger partial charge in [-0.3, -0.25) is 0 Å². The highest BCUT2D eigenvalue weighted by atomic mass is 35.5. The average molecular weight is 341 g/mol. The van der Waals surface area contributed by atoms with Gasteiger partial charge in [0.15, 0.2) is 0 Å². The van der Waals surface area contributed by atoms with E-state index in [1.807, 2.05) is 6.07 Å². The van der Waals surface area contributed by atoms with E-state index in [0.29, 0.717) is 15.8 Å². The Morgan fingerprint density at radius 3 is 2.05 bits per heavy atom. The summed E-state index contributed by atoms with van der Waals surface area (Å²) in [5.41, 5.74) is 0.966. The lowest BCUT2D eigenvalue weighted by Gasteiger charge is -2.04. The van der Waals surface area contributed by atoms with Crippen LogP contribution in [0, 0.1) is 0 Å². The molecular formula is C18H22Cl2O2. The minimum absolute atomic E-state index is 0.245. The normalized spacial score (nSPS) is 9.95. The number of phenolic OH excluding ortho intramolecular Hbond substituents is 2. The number of hydrogen-bond acceptors (Lipinski definition) is 2. The van der Waals surface area contributed by atoms with E-state index in [1.54, 1.807) is 36.4 Å². The number of aromatic hydroxyl groups is 2. The standard InChI is InChI=1S/C12H17ClO.C6H5ClO/c1-2-3-4-5-6-10-9-11(13)7-8-12(10)14;7-5-1-3-6(8)4-2-5/h7-9,14H,2-6H2,1H3;1-4,8H. The molecule has 2 rings (SSSR count). The molecule has 0 aliphatic heterocycles. The monoisotopic (exact) mass is 340 g/mol. The van der Waals surface area contributed by atoms with Crippen molar-refractivity contribution in [2.45, 2.75) is 39.0 Å². The molecule has 4 heteroatoms. The minimum atomic E-state index is 0.245. The summed E-state index contributed by atoms with van der Waals surface area (Å²) < 4.78 is 0. The second kappa shape index (κ2) is 10.4. The molecule has 2 aromatic rings. The van der Waals surface area contributed by atoms with Gasteiger partial charge < -0.3 is 10.2 Å². The molecule has 22 heavy (non-hydrogen) atoms. The predicted octanol–water partition coefficient (Wildman–Crippen LogP) is 6.21. The van der Waals surface area contributed by atoms with Gasteiger partial charge in [0, 0.05) is 10.0 Å². The van der Waals surface area contributed by atoms with E-state index in [-0.39, 0.29) is 5.75 Å². The van der Waals surface area contributed by atoms with E-state index in [2.05, 4.69) is 6.92 Å². The third kappa shape index (κ3) is 7.58. The topological polar surface area (TPSA) is 40.5 Å². The van der Waals surface area contributed by atoms with Gasteiger partial charge in [0.1, 0.15) is 11.5 Å². The van der Waals surface area contributed by atoms with Gasteiger partial charge in [-0.2, -0.15) is 0 Å². The van der Waals surface area contributed by atoms with Crippen molar-refractivity contribution in [3.63, 3.8) is 0 Å². The number of aryl methyl sites for hydroxylation is 1. The lowest BCUT2D eigenvalue weighted by atomic mass is 10.1. The molecule has 2 aromatic carbocycles. The van der Waals surface area contributed by atoms with Crippen LogP contribution in [0.3, 0.4) is 0 Å². The summed E-state index contributed by atoms with van der Waals surface area (Å²) in [5, 5.41) is 19.6. The van der Waals surface area contributed by atoms with Gasteiger partial charge in [0.25, 0.3) is 0 Å². The Morgan fingerprint density at radius 2 is 1.45 bits per heavy atom. The number of unbranched alkanes of at least 4 members (excludes halogenated alkanes) is 3. The Kier molecular flexibility index (Phi) is 8.79. The fourth-order valence-corrected chi connectivity index (χ4v) is 2.26. The van der Waals surface area contributed by atoms with Crippen LogP contribution in [0.5, 0.6) is 11.5 Å². The lowest BCUT2D eigenvalue weighted by molar-refractivity contribution is 0.466. The van der Waals surface area contributed by atoms with E-state index < -0.39 is 0 Å². The van der Waals surface area contributed by atoms with Crippen LogP contribution in [0.15, 0.2) is 42.5 Å². The number of rotatable bonds is 5. The van der Waals surface area contributed by atoms with E-state index in [9.17, 15) is 5.11 Å². The molecule has 2 N–H and O–H groups in total. The van der Waals surface area contributed by atoms with Crippen molar-refractivity contribution in [3.8, 4) is 11.5 Å². The van der Waals surface area contributed by atoms with Crippen molar-refractivity contribution in [1.29, 1.82) is 0 Å². The first-order valence-electron chi connectivity index (χ1n) is 7.45. The van der Waals surface area contributed by atoms with Crippen LogP contribution < -0.4 is 0 Å². The van der Waals surface area contributed by atoms with E-state index >= 15 is 0 Å². The molecule has 0 atom stereocenters. The van der Waals surface area contributed by atoms with E-state index in [1.165, 1.54) is 19.3 Å². The predicted molar refractivity (Wildman–Crippen MR) is 94.1 cm³/mol. The highest BCUT2D eigenvalue weighted by molar-refractivity contribution is 6.30. The van der Waals surface area contributed by atoms with Gasteiger partial charge in [-0.1, -0.05) is 49.4 Å². The molecule has 120 valence electrons. The van der Waals surface area contributed by atoms with Gasteiger partial charge >= 0.3 is 0 Å². The first-order chi connectivity index (χ1) is 10.5. The fraction of sp³-hybridized carbons (Fsp3) is 0.333. The lowest BCUT2D eigenvalue weighted by Crippen LogP contribution is -1.86. The summed E-state index contributed by atoms with van der Waals surface area (Å²) in [6, 6.07) is 11.6. The molecule has 0 aliphatic rings. The highest BCUT2D eigenvalue weighted by Gasteiger charge is 2.01. The highest BCUT2D eigenvalue weighted by Crippen LogP contribution is 2.23.